The predicted molar refractivity (Wildman–Crippen MR) is 108 cm³/mol. The average molecular weight is 446 g/mol. The van der Waals surface area contributed by atoms with E-state index >= 15 is 0 Å². The van der Waals surface area contributed by atoms with Gasteiger partial charge in [0.05, 0.1) is 10.6 Å². The van der Waals surface area contributed by atoms with E-state index < -0.39 is 9.84 Å². The second-order valence-corrected chi connectivity index (χ2v) is 9.36. The number of sulfone groups is 1. The highest BCUT2D eigenvalue weighted by Crippen LogP contribution is 2.28. The van der Waals surface area contributed by atoms with Crippen LogP contribution >= 0.6 is 15.9 Å². The highest BCUT2D eigenvalue weighted by atomic mass is 79.9. The van der Waals surface area contributed by atoms with Crippen molar-refractivity contribution >= 4 is 31.7 Å². The van der Waals surface area contributed by atoms with Crippen molar-refractivity contribution in [2.75, 3.05) is 38.6 Å². The third-order valence-electron chi connectivity index (χ3n) is 3.95. The molecule has 0 saturated heterocycles. The molecule has 146 valence electrons. The van der Waals surface area contributed by atoms with Crippen molar-refractivity contribution in [3.8, 4) is 0 Å². The molecule has 6 nitrogen and oxygen atoms in total. The molecule has 1 saturated carbocycles. The molecule has 0 atom stereocenters. The molecule has 0 amide bonds. The van der Waals surface area contributed by atoms with E-state index in [0.717, 1.165) is 36.6 Å². The SMILES string of the molecule is CCNC(=NCCCOCC1CC1)NCCS(=O)(=O)c1ccc(Br)cc1. The Kier molecular flexibility index (Phi) is 8.87. The lowest BCUT2D eigenvalue weighted by atomic mass is 10.4. The van der Waals surface area contributed by atoms with Gasteiger partial charge in [0, 0.05) is 37.3 Å². The molecule has 1 aliphatic carbocycles. The summed E-state index contributed by atoms with van der Waals surface area (Å²) in [6, 6.07) is 6.69. The molecule has 0 heterocycles. The van der Waals surface area contributed by atoms with Crippen LogP contribution < -0.4 is 10.6 Å². The normalized spacial score (nSPS) is 15.1. The summed E-state index contributed by atoms with van der Waals surface area (Å²) in [5, 5.41) is 6.22. The molecule has 1 aromatic rings. The van der Waals surface area contributed by atoms with Gasteiger partial charge in [0.2, 0.25) is 0 Å². The van der Waals surface area contributed by atoms with E-state index in [1.807, 2.05) is 6.92 Å². The number of nitrogens with one attached hydrogen (secondary N) is 2. The predicted octanol–water partition coefficient (Wildman–Crippen LogP) is 2.59. The van der Waals surface area contributed by atoms with Gasteiger partial charge in [-0.1, -0.05) is 15.9 Å². The van der Waals surface area contributed by atoms with Crippen LogP contribution in [0.15, 0.2) is 38.6 Å². The Morgan fingerprint density at radius 3 is 2.65 bits per heavy atom. The van der Waals surface area contributed by atoms with E-state index in [1.54, 1.807) is 24.3 Å². The summed E-state index contributed by atoms with van der Waals surface area (Å²) < 4.78 is 31.1. The number of nitrogens with zero attached hydrogens (tertiary/aromatic N) is 1. The van der Waals surface area contributed by atoms with Gasteiger partial charge in [0.25, 0.3) is 0 Å². The largest absolute Gasteiger partial charge is 0.381 e. The van der Waals surface area contributed by atoms with Crippen molar-refractivity contribution in [1.29, 1.82) is 0 Å². The molecule has 0 radical (unpaired) electrons. The summed E-state index contributed by atoms with van der Waals surface area (Å²) >= 11 is 3.31. The maximum absolute atomic E-state index is 12.3. The summed E-state index contributed by atoms with van der Waals surface area (Å²) in [7, 11) is -3.31. The molecule has 0 spiro atoms. The van der Waals surface area contributed by atoms with Crippen LogP contribution in [-0.4, -0.2) is 53.0 Å². The lowest BCUT2D eigenvalue weighted by molar-refractivity contribution is 0.123. The summed E-state index contributed by atoms with van der Waals surface area (Å²) in [4.78, 5) is 4.79. The molecule has 1 aromatic carbocycles. The van der Waals surface area contributed by atoms with E-state index in [0.29, 0.717) is 23.9 Å². The first-order valence-corrected chi connectivity index (χ1v) is 11.5. The number of aliphatic imine (C=N–C) groups is 1. The number of hydrogen-bond donors (Lipinski definition) is 2. The molecule has 1 aliphatic rings. The van der Waals surface area contributed by atoms with Crippen molar-refractivity contribution in [2.24, 2.45) is 10.9 Å². The van der Waals surface area contributed by atoms with Crippen molar-refractivity contribution in [3.63, 3.8) is 0 Å². The average Bonchev–Trinajstić information content (AvgIpc) is 3.42. The number of benzene rings is 1. The Balaban J connectivity index is 1.71. The summed E-state index contributed by atoms with van der Waals surface area (Å²) in [5.41, 5.74) is 0. The molecule has 0 aromatic heterocycles. The fourth-order valence-corrected chi connectivity index (χ4v) is 3.72. The minimum Gasteiger partial charge on any atom is -0.381 e. The lowest BCUT2D eigenvalue weighted by Crippen LogP contribution is -2.39. The van der Waals surface area contributed by atoms with Crippen LogP contribution in [0.2, 0.25) is 0 Å². The number of halogens is 1. The molecule has 26 heavy (non-hydrogen) atoms. The van der Waals surface area contributed by atoms with Gasteiger partial charge < -0.3 is 15.4 Å². The first-order valence-electron chi connectivity index (χ1n) is 9.09. The minimum absolute atomic E-state index is 0.0174. The van der Waals surface area contributed by atoms with Gasteiger partial charge in [-0.25, -0.2) is 8.42 Å². The van der Waals surface area contributed by atoms with Gasteiger partial charge in [0.15, 0.2) is 15.8 Å². The first-order chi connectivity index (χ1) is 12.5. The van der Waals surface area contributed by atoms with Gasteiger partial charge >= 0.3 is 0 Å². The van der Waals surface area contributed by atoms with Gasteiger partial charge in [-0.05, 0) is 56.4 Å². The van der Waals surface area contributed by atoms with Crippen molar-refractivity contribution in [1.82, 2.24) is 10.6 Å². The van der Waals surface area contributed by atoms with Crippen molar-refractivity contribution < 1.29 is 13.2 Å². The Morgan fingerprint density at radius 1 is 1.27 bits per heavy atom. The maximum atomic E-state index is 12.3. The Bertz CT molecular complexity index is 673. The highest BCUT2D eigenvalue weighted by Gasteiger charge is 2.20. The smallest absolute Gasteiger partial charge is 0.191 e. The standard InChI is InChI=1S/C18H28BrN3O3S/c1-2-20-18(21-10-3-12-25-14-15-4-5-15)22-11-13-26(23,24)17-8-6-16(19)7-9-17/h6-9,15H,2-5,10-14H2,1H3,(H2,20,21,22). The van der Waals surface area contributed by atoms with Crippen molar-refractivity contribution in [2.45, 2.75) is 31.1 Å². The molecule has 2 rings (SSSR count). The number of guanidine groups is 1. The van der Waals surface area contributed by atoms with Gasteiger partial charge in [-0.15, -0.1) is 0 Å². The molecule has 0 aliphatic heterocycles. The monoisotopic (exact) mass is 445 g/mol. The molecular formula is C18H28BrN3O3S. The van der Waals surface area contributed by atoms with Crippen LogP contribution in [0.5, 0.6) is 0 Å². The van der Waals surface area contributed by atoms with E-state index in [-0.39, 0.29) is 5.75 Å². The van der Waals surface area contributed by atoms with E-state index in [2.05, 4.69) is 31.6 Å². The zero-order valence-electron chi connectivity index (χ0n) is 15.2. The van der Waals surface area contributed by atoms with Crippen LogP contribution in [0.3, 0.4) is 0 Å². The number of hydrogen-bond acceptors (Lipinski definition) is 4. The van der Waals surface area contributed by atoms with Gasteiger partial charge in [-0.2, -0.15) is 0 Å². The molecule has 8 heteroatoms. The fourth-order valence-electron chi connectivity index (χ4n) is 2.30. The van der Waals surface area contributed by atoms with E-state index in [9.17, 15) is 8.42 Å². The van der Waals surface area contributed by atoms with E-state index in [1.165, 1.54) is 12.8 Å². The summed E-state index contributed by atoms with van der Waals surface area (Å²) in [5.74, 6) is 1.44. The van der Waals surface area contributed by atoms with Gasteiger partial charge in [-0.3, -0.25) is 4.99 Å². The van der Waals surface area contributed by atoms with Crippen LogP contribution in [0, 0.1) is 5.92 Å². The minimum atomic E-state index is -3.31. The maximum Gasteiger partial charge on any atom is 0.191 e. The Morgan fingerprint density at radius 2 is 2.00 bits per heavy atom. The topological polar surface area (TPSA) is 79.8 Å². The van der Waals surface area contributed by atoms with Crippen molar-refractivity contribution in [3.05, 3.63) is 28.7 Å². The number of rotatable bonds is 11. The fraction of sp³-hybridized carbons (Fsp3) is 0.611. The quantitative estimate of drug-likeness (QED) is 0.310. The highest BCUT2D eigenvalue weighted by molar-refractivity contribution is 9.10. The zero-order valence-corrected chi connectivity index (χ0v) is 17.6. The molecular weight excluding hydrogens is 418 g/mol. The molecule has 2 N–H and O–H groups in total. The molecule has 0 bridgehead atoms. The third-order valence-corrected chi connectivity index (χ3v) is 6.21. The third kappa shape index (κ3) is 8.05. The first kappa shape index (κ1) is 21.2. The Hall–Kier alpha value is -1.12. The summed E-state index contributed by atoms with van der Waals surface area (Å²) in [6.45, 7) is 5.26. The van der Waals surface area contributed by atoms with Crippen LogP contribution in [0.1, 0.15) is 26.2 Å². The lowest BCUT2D eigenvalue weighted by Gasteiger charge is -2.11. The summed E-state index contributed by atoms with van der Waals surface area (Å²) in [6.07, 6.45) is 3.46. The molecule has 1 fully saturated rings. The second kappa shape index (κ2) is 10.9. The molecule has 0 unspecified atom stereocenters. The van der Waals surface area contributed by atoms with Crippen LogP contribution in [0.4, 0.5) is 0 Å². The second-order valence-electron chi connectivity index (χ2n) is 6.33. The number of ether oxygens (including phenoxy) is 1. The van der Waals surface area contributed by atoms with Crippen LogP contribution in [-0.2, 0) is 14.6 Å². The van der Waals surface area contributed by atoms with Gasteiger partial charge in [0.1, 0.15) is 0 Å². The van der Waals surface area contributed by atoms with Crippen LogP contribution in [0.25, 0.3) is 0 Å². The Labute approximate surface area is 164 Å². The zero-order chi connectivity index (χ0) is 18.8. The van der Waals surface area contributed by atoms with E-state index in [4.69, 9.17) is 4.74 Å².